The van der Waals surface area contributed by atoms with Crippen LogP contribution in [0.5, 0.6) is 0 Å². The predicted molar refractivity (Wildman–Crippen MR) is 290 cm³/mol. The van der Waals surface area contributed by atoms with Gasteiger partial charge in [0.1, 0.15) is 30.7 Å². The summed E-state index contributed by atoms with van der Waals surface area (Å²) in [5, 5.41) is 30.9. The summed E-state index contributed by atoms with van der Waals surface area (Å²) in [6.45, 7) is 1.77. The maximum absolute atomic E-state index is 12.9. The van der Waals surface area contributed by atoms with E-state index in [1.807, 2.05) is 60.8 Å². The molecule has 0 spiro atoms. The van der Waals surface area contributed by atoms with E-state index in [0.717, 1.165) is 75.0 Å². The summed E-state index contributed by atoms with van der Waals surface area (Å²) in [6.07, 6.45) is 44.8. The second-order valence-corrected chi connectivity index (χ2v) is 20.2. The number of rotatable bonds is 40. The van der Waals surface area contributed by atoms with Gasteiger partial charge in [-0.1, -0.05) is 155 Å². The van der Waals surface area contributed by atoms with Gasteiger partial charge < -0.3 is 45.1 Å². The zero-order chi connectivity index (χ0) is 55.0. The van der Waals surface area contributed by atoms with Crippen LogP contribution in [0.2, 0.25) is 0 Å². The summed E-state index contributed by atoms with van der Waals surface area (Å²) >= 11 is 0. The third-order valence-corrected chi connectivity index (χ3v) is 13.2. The summed E-state index contributed by atoms with van der Waals surface area (Å²) in [7, 11) is -10.9. The molecule has 1 aromatic rings. The first-order valence-electron chi connectivity index (χ1n) is 25.7. The Labute approximate surface area is 442 Å². The molecular formula is C54H81N3O16P2. The van der Waals surface area contributed by atoms with Crippen molar-refractivity contribution in [3.63, 3.8) is 0 Å². The lowest BCUT2D eigenvalue weighted by Crippen LogP contribution is -2.36. The van der Waals surface area contributed by atoms with E-state index in [-0.39, 0.29) is 25.1 Å². The molecule has 0 bridgehead atoms. The number of ether oxygens (including phenoxy) is 3. The summed E-state index contributed by atoms with van der Waals surface area (Å²) in [5.41, 5.74) is 4.57. The van der Waals surface area contributed by atoms with E-state index in [4.69, 9.17) is 29.0 Å². The molecule has 19 nitrogen and oxygen atoms in total. The van der Waals surface area contributed by atoms with Crippen molar-refractivity contribution in [3.05, 3.63) is 144 Å². The molecule has 1 saturated heterocycles. The highest BCUT2D eigenvalue weighted by Gasteiger charge is 2.46. The van der Waals surface area contributed by atoms with Crippen molar-refractivity contribution in [1.29, 1.82) is 0 Å². The molecule has 1 aromatic heterocycles. The van der Waals surface area contributed by atoms with Crippen LogP contribution in [0.25, 0.3) is 0 Å². The van der Waals surface area contributed by atoms with E-state index in [1.165, 1.54) is 6.07 Å². The molecule has 1 aliphatic heterocycles. The van der Waals surface area contributed by atoms with Crippen LogP contribution < -0.4 is 11.4 Å². The highest BCUT2D eigenvalue weighted by molar-refractivity contribution is 7.61. The van der Waals surface area contributed by atoms with Crippen LogP contribution in [0.4, 0.5) is 5.82 Å². The minimum atomic E-state index is -5.47. The highest BCUT2D eigenvalue weighted by atomic mass is 31.3. The van der Waals surface area contributed by atoms with Crippen LogP contribution >= 0.6 is 15.6 Å². The van der Waals surface area contributed by atoms with E-state index in [0.29, 0.717) is 25.7 Å². The van der Waals surface area contributed by atoms with Gasteiger partial charge in [0.2, 0.25) is 0 Å². The topological polar surface area (TPSA) is 286 Å². The summed E-state index contributed by atoms with van der Waals surface area (Å²) in [6, 6.07) is 1.23. The summed E-state index contributed by atoms with van der Waals surface area (Å²) in [5.74, 6) is -1.51. The number of nitrogens with zero attached hydrogens (tertiary/aromatic N) is 2. The molecule has 418 valence electrons. The van der Waals surface area contributed by atoms with E-state index < -0.39 is 89.8 Å². The van der Waals surface area contributed by atoms with Gasteiger partial charge in [-0.2, -0.15) is 9.29 Å². The molecule has 0 radical (unpaired) electrons. The van der Waals surface area contributed by atoms with E-state index in [1.54, 1.807) is 12.2 Å². The molecule has 0 aromatic carbocycles. The molecule has 0 saturated carbocycles. The number of phosphoric ester groups is 2. The van der Waals surface area contributed by atoms with Crippen LogP contribution in [0.1, 0.15) is 129 Å². The van der Waals surface area contributed by atoms with Crippen molar-refractivity contribution in [2.75, 3.05) is 25.6 Å². The number of carbonyl (C=O) groups excluding carboxylic acids is 2. The normalized spacial score (nSPS) is 20.2. The van der Waals surface area contributed by atoms with Gasteiger partial charge in [0.25, 0.3) is 0 Å². The number of hydrogen-bond donors (Lipinski definition) is 6. The van der Waals surface area contributed by atoms with Gasteiger partial charge in [0.15, 0.2) is 12.3 Å². The fourth-order valence-electron chi connectivity index (χ4n) is 6.68. The third kappa shape index (κ3) is 33.0. The Morgan fingerprint density at radius 1 is 0.720 bits per heavy atom. The van der Waals surface area contributed by atoms with Gasteiger partial charge in [-0.05, 0) is 83.1 Å². The van der Waals surface area contributed by atoms with E-state index in [2.05, 4.69) is 71.8 Å². The molecule has 1 fully saturated rings. The lowest BCUT2D eigenvalue weighted by molar-refractivity contribution is -0.161. The third-order valence-electron chi connectivity index (χ3n) is 10.6. The van der Waals surface area contributed by atoms with Gasteiger partial charge in [0, 0.05) is 19.0 Å². The molecule has 2 rings (SSSR count). The number of unbranched alkanes of at least 4 members (excludes halogenated alkanes) is 3. The fourth-order valence-corrected chi connectivity index (χ4v) is 8.79. The number of anilines is 1. The molecule has 2 unspecified atom stereocenters. The molecule has 8 atom stereocenters. The van der Waals surface area contributed by atoms with Crippen molar-refractivity contribution in [1.82, 2.24) is 9.55 Å². The Kier molecular flexibility index (Phi) is 35.7. The molecule has 0 amide bonds. The van der Waals surface area contributed by atoms with Crippen LogP contribution in [-0.4, -0.2) is 96.9 Å². The van der Waals surface area contributed by atoms with Crippen molar-refractivity contribution in [2.45, 2.75) is 160 Å². The van der Waals surface area contributed by atoms with Crippen molar-refractivity contribution < 1.29 is 71.4 Å². The minimum absolute atomic E-state index is 0.00737. The van der Waals surface area contributed by atoms with E-state index in [9.17, 15) is 48.6 Å². The van der Waals surface area contributed by atoms with Crippen LogP contribution in [0.15, 0.2) is 139 Å². The SMILES string of the molecule is CC/C=C\C/C=C\C/C=C\C/C=C\C/C=C\C/C=C\CCC(=O)O[C@H](COC(=O)CCC/C=C\C/C=C\C/C=C\C=C\[C@H](O)CCCCC)COP(=O)(O)OP(=O)(O)OC[C@H]1O[C@@H](n2ccc(N)nc2=O)[C@H](O)[C@@H]1O. The second-order valence-electron chi connectivity index (χ2n) is 17.1. The molecule has 2 heterocycles. The zero-order valence-corrected chi connectivity index (χ0v) is 45.2. The number of nitrogens with two attached hydrogens (primary N) is 1. The average Bonchev–Trinajstić information content (AvgIpc) is 3.64. The Bertz CT molecular complexity index is 2250. The van der Waals surface area contributed by atoms with Gasteiger partial charge in [-0.3, -0.25) is 23.2 Å². The molecule has 21 heteroatoms. The number of phosphoric acid groups is 2. The van der Waals surface area contributed by atoms with Gasteiger partial charge >= 0.3 is 33.3 Å². The van der Waals surface area contributed by atoms with Gasteiger partial charge in [-0.25, -0.2) is 13.9 Å². The zero-order valence-electron chi connectivity index (χ0n) is 43.4. The maximum atomic E-state index is 12.9. The lowest BCUT2D eigenvalue weighted by Gasteiger charge is -2.21. The number of aliphatic hydroxyl groups is 3. The number of aromatic nitrogens is 2. The number of nitrogen functional groups attached to an aromatic ring is 1. The van der Waals surface area contributed by atoms with Crippen LogP contribution in [0.3, 0.4) is 0 Å². The largest absolute Gasteiger partial charge is 0.481 e. The maximum Gasteiger partial charge on any atom is 0.481 e. The van der Waals surface area contributed by atoms with Crippen LogP contribution in [-0.2, 0) is 46.3 Å². The smallest absolute Gasteiger partial charge is 0.462 e. The number of allylic oxidation sites excluding steroid dienone is 19. The Morgan fingerprint density at radius 3 is 1.87 bits per heavy atom. The summed E-state index contributed by atoms with van der Waals surface area (Å²) < 4.78 is 56.6. The number of aliphatic hydroxyl groups excluding tert-OH is 3. The number of carbonyl (C=O) groups is 2. The Morgan fingerprint density at radius 2 is 1.28 bits per heavy atom. The van der Waals surface area contributed by atoms with Gasteiger partial charge in [-0.15, -0.1) is 0 Å². The first kappa shape index (κ1) is 66.2. The summed E-state index contributed by atoms with van der Waals surface area (Å²) in [4.78, 5) is 61.9. The monoisotopic (exact) mass is 1090 g/mol. The van der Waals surface area contributed by atoms with Crippen molar-refractivity contribution >= 4 is 33.4 Å². The fraction of sp³-hybridized carbons (Fsp3) is 0.519. The molecule has 75 heavy (non-hydrogen) atoms. The lowest BCUT2D eigenvalue weighted by atomic mass is 10.1. The van der Waals surface area contributed by atoms with Crippen LogP contribution in [0, 0.1) is 0 Å². The molecular weight excluding hydrogens is 1010 g/mol. The highest BCUT2D eigenvalue weighted by Crippen LogP contribution is 2.60. The Balaban J connectivity index is 1.87. The minimum Gasteiger partial charge on any atom is -0.462 e. The van der Waals surface area contributed by atoms with Crippen molar-refractivity contribution in [2.24, 2.45) is 0 Å². The Hall–Kier alpha value is -4.88. The molecule has 1 aliphatic rings. The van der Waals surface area contributed by atoms with E-state index >= 15 is 0 Å². The number of esters is 2. The average molecular weight is 1090 g/mol. The number of hydrogen-bond acceptors (Lipinski definition) is 16. The first-order valence-corrected chi connectivity index (χ1v) is 28.6. The standard InChI is InChI=1S/C54H81N3O16P2/c1-3-5-7-8-9-10-11-12-13-14-15-16-17-18-21-25-28-31-35-39-50(60)71-46(42-68-49(59)38-34-30-27-24-22-19-20-23-26-29-33-37-45(58)36-32-6-4-2)43-69-74(64,65)73-75(66,67)70-44-47-51(61)52(62)53(72-47)57-41-40-48(55)56-54(57)63/h5,7,9-10,12-13,15-16,18-21,24,26-29,31,33,37,40-41,45-47,51-53,58,61-62H,3-4,6,8,11,14,17,22-23,25,30,32,34-36,38-39,42-44H2,1-2H3,(H,64,65)(H,66,67)(H2,55,56,63)/b7-5-,10-9-,13-12-,16-15-,20-19-,21-18-,27-24-,29-26-,31-28-,37-33+/t45-,46-,47-,51-,52-,53-/m1/s1. The predicted octanol–water partition coefficient (Wildman–Crippen LogP) is 9.74. The molecule has 0 aliphatic carbocycles. The molecule has 7 N–H and O–H groups in total. The quantitative estimate of drug-likeness (QED) is 0.0117. The first-order chi connectivity index (χ1) is 36.1. The van der Waals surface area contributed by atoms with Crippen molar-refractivity contribution in [3.8, 4) is 0 Å². The second kappa shape index (κ2) is 40.4. The van der Waals surface area contributed by atoms with Gasteiger partial charge in [0.05, 0.1) is 19.3 Å².